The summed E-state index contributed by atoms with van der Waals surface area (Å²) in [6, 6.07) is 13.8. The number of hydrogen-bond donors (Lipinski definition) is 1. The lowest BCUT2D eigenvalue weighted by atomic mass is 10.1. The van der Waals surface area contributed by atoms with Crippen LogP contribution in [0.5, 0.6) is 5.75 Å². The molecule has 0 spiro atoms. The van der Waals surface area contributed by atoms with Crippen LogP contribution >= 0.6 is 11.3 Å². The van der Waals surface area contributed by atoms with E-state index in [4.69, 9.17) is 4.98 Å². The summed E-state index contributed by atoms with van der Waals surface area (Å²) in [4.78, 5) is 7.72. The van der Waals surface area contributed by atoms with Crippen LogP contribution in [-0.4, -0.2) is 28.6 Å². The molecule has 0 unspecified atom stereocenters. The molecule has 2 aromatic carbocycles. The molecule has 0 aliphatic heterocycles. The molecule has 0 aliphatic carbocycles. The van der Waals surface area contributed by atoms with Crippen LogP contribution in [0.2, 0.25) is 0 Å². The minimum Gasteiger partial charge on any atom is -0.508 e. The summed E-state index contributed by atoms with van der Waals surface area (Å²) in [6.45, 7) is 0. The van der Waals surface area contributed by atoms with Gasteiger partial charge in [0.15, 0.2) is 4.96 Å². The van der Waals surface area contributed by atoms with Gasteiger partial charge in [-0.1, -0.05) is 23.5 Å². The first-order chi connectivity index (χ1) is 10.6. The highest BCUT2D eigenvalue weighted by atomic mass is 32.1. The van der Waals surface area contributed by atoms with E-state index < -0.39 is 0 Å². The zero-order valence-corrected chi connectivity index (χ0v) is 13.1. The number of imidazole rings is 1. The number of aromatic nitrogens is 2. The zero-order valence-electron chi connectivity index (χ0n) is 12.3. The quantitative estimate of drug-likeness (QED) is 0.609. The highest BCUT2D eigenvalue weighted by Gasteiger charge is 2.10. The molecule has 0 bridgehead atoms. The molecule has 2 heterocycles. The number of thiazole rings is 1. The van der Waals surface area contributed by atoms with Crippen LogP contribution in [0.1, 0.15) is 0 Å². The van der Waals surface area contributed by atoms with Crippen LogP contribution in [0.3, 0.4) is 0 Å². The average molecular weight is 309 g/mol. The van der Waals surface area contributed by atoms with Crippen molar-refractivity contribution < 1.29 is 5.11 Å². The lowest BCUT2D eigenvalue weighted by Gasteiger charge is -2.12. The first kappa shape index (κ1) is 13.2. The molecule has 5 heteroatoms. The van der Waals surface area contributed by atoms with Crippen molar-refractivity contribution in [3.05, 3.63) is 48.7 Å². The minimum absolute atomic E-state index is 0.276. The summed E-state index contributed by atoms with van der Waals surface area (Å²) in [5, 5.41) is 9.68. The summed E-state index contributed by atoms with van der Waals surface area (Å²) in [6.07, 6.45) is 2.03. The summed E-state index contributed by atoms with van der Waals surface area (Å²) < 4.78 is 3.16. The van der Waals surface area contributed by atoms with E-state index in [1.54, 1.807) is 23.5 Å². The predicted molar refractivity (Wildman–Crippen MR) is 92.0 cm³/mol. The minimum atomic E-state index is 0.276. The lowest BCUT2D eigenvalue weighted by molar-refractivity contribution is 0.476. The van der Waals surface area contributed by atoms with E-state index in [1.165, 1.54) is 5.69 Å². The molecule has 4 aromatic rings. The molecule has 22 heavy (non-hydrogen) atoms. The number of phenols is 1. The van der Waals surface area contributed by atoms with Crippen molar-refractivity contribution in [1.29, 1.82) is 0 Å². The Morgan fingerprint density at radius 1 is 1.09 bits per heavy atom. The number of aromatic hydroxyl groups is 1. The Kier molecular flexibility index (Phi) is 2.84. The van der Waals surface area contributed by atoms with E-state index in [0.717, 1.165) is 26.4 Å². The van der Waals surface area contributed by atoms with Crippen LogP contribution in [0.4, 0.5) is 5.69 Å². The first-order valence-corrected chi connectivity index (χ1v) is 7.82. The molecule has 2 aromatic heterocycles. The van der Waals surface area contributed by atoms with Crippen molar-refractivity contribution >= 4 is 32.2 Å². The standard InChI is InChI=1S/C17H15N3OS/c1-19(2)12-5-3-11(4-6-12)14-10-20-15-9-13(21)7-8-16(15)22-17(20)18-14/h3-10,21H,1-2H3. The van der Waals surface area contributed by atoms with Crippen molar-refractivity contribution in [3.63, 3.8) is 0 Å². The van der Waals surface area contributed by atoms with Crippen molar-refractivity contribution in [3.8, 4) is 17.0 Å². The van der Waals surface area contributed by atoms with Crippen LogP contribution in [0, 0.1) is 0 Å². The van der Waals surface area contributed by atoms with Gasteiger partial charge in [0.1, 0.15) is 5.75 Å². The van der Waals surface area contributed by atoms with E-state index >= 15 is 0 Å². The fourth-order valence-electron chi connectivity index (χ4n) is 2.56. The molecule has 0 atom stereocenters. The van der Waals surface area contributed by atoms with Crippen molar-refractivity contribution in [2.75, 3.05) is 19.0 Å². The lowest BCUT2D eigenvalue weighted by Crippen LogP contribution is -2.07. The fourth-order valence-corrected chi connectivity index (χ4v) is 3.54. The monoisotopic (exact) mass is 309 g/mol. The first-order valence-electron chi connectivity index (χ1n) is 7.00. The molecule has 4 nitrogen and oxygen atoms in total. The molecule has 0 amide bonds. The molecule has 0 saturated heterocycles. The van der Waals surface area contributed by atoms with Gasteiger partial charge in [-0.15, -0.1) is 0 Å². The van der Waals surface area contributed by atoms with Gasteiger partial charge in [0.25, 0.3) is 0 Å². The van der Waals surface area contributed by atoms with Crippen molar-refractivity contribution in [2.45, 2.75) is 0 Å². The third-order valence-electron chi connectivity index (χ3n) is 3.76. The van der Waals surface area contributed by atoms with E-state index in [1.807, 2.05) is 30.8 Å². The van der Waals surface area contributed by atoms with Gasteiger partial charge in [0, 0.05) is 37.6 Å². The van der Waals surface area contributed by atoms with Crippen molar-refractivity contribution in [1.82, 2.24) is 9.38 Å². The largest absolute Gasteiger partial charge is 0.508 e. The maximum absolute atomic E-state index is 9.68. The van der Waals surface area contributed by atoms with Gasteiger partial charge in [0.05, 0.1) is 15.9 Å². The second-order valence-corrected chi connectivity index (χ2v) is 6.48. The smallest absolute Gasteiger partial charge is 0.195 e. The summed E-state index contributed by atoms with van der Waals surface area (Å²) >= 11 is 1.63. The fraction of sp³-hybridized carbons (Fsp3) is 0.118. The van der Waals surface area contributed by atoms with Gasteiger partial charge in [-0.25, -0.2) is 4.98 Å². The second kappa shape index (κ2) is 4.74. The third-order valence-corrected chi connectivity index (χ3v) is 4.79. The molecular formula is C17H15N3OS. The Labute approximate surface area is 131 Å². The van der Waals surface area contributed by atoms with Gasteiger partial charge in [0.2, 0.25) is 0 Å². The van der Waals surface area contributed by atoms with Crippen LogP contribution < -0.4 is 4.90 Å². The van der Waals surface area contributed by atoms with Gasteiger partial charge in [-0.3, -0.25) is 4.40 Å². The summed E-state index contributed by atoms with van der Waals surface area (Å²) in [5.74, 6) is 0.276. The van der Waals surface area contributed by atoms with Crippen LogP contribution in [0.25, 0.3) is 26.4 Å². The van der Waals surface area contributed by atoms with E-state index in [-0.39, 0.29) is 5.75 Å². The zero-order chi connectivity index (χ0) is 15.3. The Bertz CT molecular complexity index is 967. The SMILES string of the molecule is CN(C)c1ccc(-c2cn3c(n2)sc2ccc(O)cc23)cc1. The van der Waals surface area contributed by atoms with Gasteiger partial charge in [-0.05, 0) is 24.3 Å². The number of phenolic OH excluding ortho intramolecular Hbond substituents is 1. The molecule has 110 valence electrons. The maximum atomic E-state index is 9.68. The molecule has 1 N–H and O–H groups in total. The Morgan fingerprint density at radius 2 is 1.86 bits per heavy atom. The summed E-state index contributed by atoms with van der Waals surface area (Å²) in [7, 11) is 4.06. The average Bonchev–Trinajstić information content (AvgIpc) is 3.05. The number of benzene rings is 2. The molecule has 0 fully saturated rings. The molecular weight excluding hydrogens is 294 g/mol. The molecule has 4 rings (SSSR count). The van der Waals surface area contributed by atoms with E-state index in [9.17, 15) is 5.11 Å². The Balaban J connectivity index is 1.83. The highest BCUT2D eigenvalue weighted by molar-refractivity contribution is 7.23. The van der Waals surface area contributed by atoms with Crippen molar-refractivity contribution in [2.24, 2.45) is 0 Å². The van der Waals surface area contributed by atoms with E-state index in [0.29, 0.717) is 0 Å². The number of fused-ring (bicyclic) bond motifs is 3. The molecule has 0 radical (unpaired) electrons. The Morgan fingerprint density at radius 3 is 2.59 bits per heavy atom. The van der Waals surface area contributed by atoms with Crippen LogP contribution in [0.15, 0.2) is 48.7 Å². The van der Waals surface area contributed by atoms with E-state index in [2.05, 4.69) is 29.2 Å². The molecule has 0 saturated carbocycles. The van der Waals surface area contributed by atoms with Gasteiger partial charge >= 0.3 is 0 Å². The highest BCUT2D eigenvalue weighted by Crippen LogP contribution is 2.31. The number of hydrogen-bond acceptors (Lipinski definition) is 4. The topological polar surface area (TPSA) is 40.8 Å². The second-order valence-electron chi connectivity index (χ2n) is 5.47. The number of nitrogens with zero attached hydrogens (tertiary/aromatic N) is 3. The van der Waals surface area contributed by atoms with Gasteiger partial charge in [-0.2, -0.15) is 0 Å². The maximum Gasteiger partial charge on any atom is 0.195 e. The molecule has 0 aliphatic rings. The predicted octanol–water partition coefficient (Wildman–Crippen LogP) is 3.99. The third kappa shape index (κ3) is 2.02. The number of anilines is 1. The number of rotatable bonds is 2. The van der Waals surface area contributed by atoms with Gasteiger partial charge < -0.3 is 10.0 Å². The normalized spacial score (nSPS) is 11.4. The van der Waals surface area contributed by atoms with Crippen LogP contribution in [-0.2, 0) is 0 Å². The Hall–Kier alpha value is -2.53. The summed E-state index contributed by atoms with van der Waals surface area (Å²) in [5.41, 5.74) is 4.19.